The van der Waals surface area contributed by atoms with Gasteiger partial charge in [0.25, 0.3) is 0 Å². The predicted octanol–water partition coefficient (Wildman–Crippen LogP) is 23.5. The van der Waals surface area contributed by atoms with Crippen molar-refractivity contribution in [2.45, 2.75) is 367 Å². The van der Waals surface area contributed by atoms with E-state index in [0.717, 1.165) is 96.3 Å². The Morgan fingerprint density at radius 3 is 0.769 bits per heavy atom. The van der Waals surface area contributed by atoms with Crippen molar-refractivity contribution in [1.82, 2.24) is 0 Å². The summed E-state index contributed by atoms with van der Waals surface area (Å²) in [5.74, 6) is -0.886. The van der Waals surface area contributed by atoms with Crippen molar-refractivity contribution >= 4 is 17.9 Å². The molecule has 454 valence electrons. The number of ether oxygens (including phenoxy) is 3. The molecule has 0 aliphatic carbocycles. The zero-order valence-corrected chi connectivity index (χ0v) is 52.2. The molecule has 0 saturated heterocycles. The fourth-order valence-corrected chi connectivity index (χ4v) is 10.0. The Morgan fingerprint density at radius 2 is 0.474 bits per heavy atom. The number of hydrogen-bond donors (Lipinski definition) is 0. The summed E-state index contributed by atoms with van der Waals surface area (Å²) in [4.78, 5) is 38.2. The van der Waals surface area contributed by atoms with E-state index < -0.39 is 6.10 Å². The van der Waals surface area contributed by atoms with Crippen LogP contribution in [0.15, 0.2) is 60.8 Å². The Hall–Kier alpha value is -2.89. The highest BCUT2D eigenvalue weighted by atomic mass is 16.6. The summed E-state index contributed by atoms with van der Waals surface area (Å²) in [6.45, 7) is 6.60. The maximum atomic E-state index is 12.9. The van der Waals surface area contributed by atoms with Crippen LogP contribution in [0.5, 0.6) is 0 Å². The summed E-state index contributed by atoms with van der Waals surface area (Å²) >= 11 is 0. The monoisotopic (exact) mass is 1090 g/mol. The average molecular weight is 1090 g/mol. The highest BCUT2D eigenvalue weighted by Gasteiger charge is 2.19. The van der Waals surface area contributed by atoms with Crippen LogP contribution >= 0.6 is 0 Å². The number of esters is 3. The quantitative estimate of drug-likeness (QED) is 0.0261. The lowest BCUT2D eigenvalue weighted by Gasteiger charge is -2.18. The van der Waals surface area contributed by atoms with Gasteiger partial charge in [-0.15, -0.1) is 0 Å². The van der Waals surface area contributed by atoms with Gasteiger partial charge in [0.15, 0.2) is 6.10 Å². The molecule has 6 nitrogen and oxygen atoms in total. The Labute approximate surface area is 485 Å². The summed E-state index contributed by atoms with van der Waals surface area (Å²) in [5, 5.41) is 0. The van der Waals surface area contributed by atoms with Crippen LogP contribution in [-0.2, 0) is 28.6 Å². The van der Waals surface area contributed by atoms with Gasteiger partial charge in [-0.3, -0.25) is 14.4 Å². The molecule has 0 fully saturated rings. The molecule has 0 aliphatic heterocycles. The van der Waals surface area contributed by atoms with Gasteiger partial charge in [0, 0.05) is 19.3 Å². The number of hydrogen-bond acceptors (Lipinski definition) is 6. The Kier molecular flexibility index (Phi) is 64.2. The van der Waals surface area contributed by atoms with E-state index in [1.54, 1.807) is 0 Å². The van der Waals surface area contributed by atoms with Crippen LogP contribution in [0.4, 0.5) is 0 Å². The summed E-state index contributed by atoms with van der Waals surface area (Å²) in [6.07, 6.45) is 85.5. The SMILES string of the molecule is CCCC/C=C\CCCCCCCC(=O)OCC(COC(=O)CCCCCCCCCCCCCCCCCCCCCCC/C=C\C/C=C\CCCCCCC)OC(=O)CCCCCCC/C=C\C/C=C\CCCCCC. The summed E-state index contributed by atoms with van der Waals surface area (Å²) in [6, 6.07) is 0. The first-order valence-corrected chi connectivity index (χ1v) is 34.3. The fourth-order valence-electron chi connectivity index (χ4n) is 10.0. The maximum Gasteiger partial charge on any atom is 0.306 e. The molecule has 0 radical (unpaired) electrons. The van der Waals surface area contributed by atoms with Crippen molar-refractivity contribution in [2.75, 3.05) is 13.2 Å². The zero-order valence-electron chi connectivity index (χ0n) is 52.2. The van der Waals surface area contributed by atoms with E-state index in [-0.39, 0.29) is 31.1 Å². The smallest absolute Gasteiger partial charge is 0.306 e. The van der Waals surface area contributed by atoms with Gasteiger partial charge in [-0.2, -0.15) is 0 Å². The second-order valence-corrected chi connectivity index (χ2v) is 23.1. The van der Waals surface area contributed by atoms with Gasteiger partial charge < -0.3 is 14.2 Å². The third-order valence-corrected chi connectivity index (χ3v) is 15.2. The predicted molar refractivity (Wildman–Crippen MR) is 339 cm³/mol. The summed E-state index contributed by atoms with van der Waals surface area (Å²) in [7, 11) is 0. The number of rotatable bonds is 63. The molecule has 1 unspecified atom stereocenters. The molecule has 0 saturated carbocycles. The van der Waals surface area contributed by atoms with Gasteiger partial charge in [-0.05, 0) is 103 Å². The van der Waals surface area contributed by atoms with Gasteiger partial charge in [0.1, 0.15) is 13.2 Å². The normalized spacial score (nSPS) is 12.4. The molecule has 0 amide bonds. The molecule has 0 aliphatic rings. The number of carbonyl (C=O) groups excluding carboxylic acids is 3. The standard InChI is InChI=1S/C72H130O6/c1-4-7-10-13-16-19-22-24-26-28-29-30-31-32-33-34-35-36-37-38-39-40-41-42-43-44-46-47-50-53-56-59-62-65-71(74)77-68-69(67-76-70(73)64-61-58-55-52-49-21-18-15-12-9-6-3)78-72(75)66-63-60-57-54-51-48-45-27-25-23-20-17-14-11-8-5-2/h15,18,20,22-24,27-29,45,69H,4-14,16-17,19,21,25-26,30-44,46-68H2,1-3H3/b18-15-,23-20-,24-22-,29-28-,45-27-. The highest BCUT2D eigenvalue weighted by Crippen LogP contribution is 2.17. The molecule has 78 heavy (non-hydrogen) atoms. The van der Waals surface area contributed by atoms with E-state index in [0.29, 0.717) is 19.3 Å². The molecule has 0 heterocycles. The van der Waals surface area contributed by atoms with E-state index in [9.17, 15) is 14.4 Å². The van der Waals surface area contributed by atoms with Gasteiger partial charge in [0.2, 0.25) is 0 Å². The molecule has 0 N–H and O–H groups in total. The van der Waals surface area contributed by atoms with Gasteiger partial charge in [-0.1, -0.05) is 300 Å². The molecule has 0 bridgehead atoms. The van der Waals surface area contributed by atoms with Crippen molar-refractivity contribution in [3.63, 3.8) is 0 Å². The van der Waals surface area contributed by atoms with E-state index >= 15 is 0 Å². The van der Waals surface area contributed by atoms with Gasteiger partial charge in [-0.25, -0.2) is 0 Å². The van der Waals surface area contributed by atoms with Crippen LogP contribution in [0.3, 0.4) is 0 Å². The minimum Gasteiger partial charge on any atom is -0.462 e. The molecule has 6 heteroatoms. The molecule has 0 aromatic heterocycles. The minimum absolute atomic E-state index is 0.0791. The van der Waals surface area contributed by atoms with Crippen molar-refractivity contribution in [1.29, 1.82) is 0 Å². The van der Waals surface area contributed by atoms with Crippen molar-refractivity contribution < 1.29 is 28.6 Å². The van der Waals surface area contributed by atoms with E-state index in [1.807, 2.05) is 0 Å². The van der Waals surface area contributed by atoms with Crippen LogP contribution in [-0.4, -0.2) is 37.2 Å². The highest BCUT2D eigenvalue weighted by molar-refractivity contribution is 5.71. The molecule has 1 atom stereocenters. The Bertz CT molecular complexity index is 1390. The lowest BCUT2D eigenvalue weighted by Crippen LogP contribution is -2.30. The Morgan fingerprint density at radius 1 is 0.256 bits per heavy atom. The molecular formula is C72H130O6. The second-order valence-electron chi connectivity index (χ2n) is 23.1. The van der Waals surface area contributed by atoms with E-state index in [1.165, 1.54) is 225 Å². The number of unbranched alkanes of at least 4 members (excludes halogenated alkanes) is 42. The lowest BCUT2D eigenvalue weighted by atomic mass is 10.0. The topological polar surface area (TPSA) is 78.9 Å². The van der Waals surface area contributed by atoms with Crippen molar-refractivity contribution in [3.05, 3.63) is 60.8 Å². The lowest BCUT2D eigenvalue weighted by molar-refractivity contribution is -0.167. The largest absolute Gasteiger partial charge is 0.462 e. The average Bonchev–Trinajstić information content (AvgIpc) is 3.44. The van der Waals surface area contributed by atoms with Crippen LogP contribution in [0.2, 0.25) is 0 Å². The van der Waals surface area contributed by atoms with E-state index in [4.69, 9.17) is 14.2 Å². The molecule has 0 rings (SSSR count). The first-order valence-electron chi connectivity index (χ1n) is 34.3. The first kappa shape index (κ1) is 75.1. The number of allylic oxidation sites excluding steroid dienone is 10. The molecular weight excluding hydrogens is 961 g/mol. The third kappa shape index (κ3) is 63.9. The number of carbonyl (C=O) groups is 3. The van der Waals surface area contributed by atoms with Crippen molar-refractivity contribution in [3.8, 4) is 0 Å². The zero-order chi connectivity index (χ0) is 56.4. The second kappa shape index (κ2) is 66.6. The fraction of sp³-hybridized carbons (Fsp3) is 0.819. The first-order chi connectivity index (χ1) is 38.5. The Balaban J connectivity index is 4.09. The minimum atomic E-state index is -0.783. The van der Waals surface area contributed by atoms with Crippen LogP contribution in [0.25, 0.3) is 0 Å². The summed E-state index contributed by atoms with van der Waals surface area (Å²) in [5.41, 5.74) is 0. The molecule has 0 aromatic rings. The van der Waals surface area contributed by atoms with Crippen LogP contribution in [0, 0.1) is 0 Å². The summed E-state index contributed by atoms with van der Waals surface area (Å²) < 4.78 is 16.9. The van der Waals surface area contributed by atoms with Gasteiger partial charge in [0.05, 0.1) is 0 Å². The maximum absolute atomic E-state index is 12.9. The van der Waals surface area contributed by atoms with E-state index in [2.05, 4.69) is 81.5 Å². The molecule has 0 aromatic carbocycles. The van der Waals surface area contributed by atoms with Gasteiger partial charge >= 0.3 is 17.9 Å². The third-order valence-electron chi connectivity index (χ3n) is 15.2. The van der Waals surface area contributed by atoms with Crippen molar-refractivity contribution in [2.24, 2.45) is 0 Å². The van der Waals surface area contributed by atoms with Crippen LogP contribution in [0.1, 0.15) is 361 Å². The molecule has 0 spiro atoms. The van der Waals surface area contributed by atoms with Crippen LogP contribution < -0.4 is 0 Å².